The Balaban J connectivity index is 2.02. The van der Waals surface area contributed by atoms with Crippen molar-refractivity contribution in [1.29, 1.82) is 0 Å². The molecule has 0 bridgehead atoms. The van der Waals surface area contributed by atoms with Crippen LogP contribution in [0.4, 0.5) is 5.82 Å². The van der Waals surface area contributed by atoms with E-state index < -0.39 is 0 Å². The maximum absolute atomic E-state index is 11.6. The minimum Gasteiger partial charge on any atom is -0.384 e. The van der Waals surface area contributed by atoms with Gasteiger partial charge in [0.25, 0.3) is 5.91 Å². The first kappa shape index (κ1) is 8.99. The number of nitrogen functional groups attached to an aromatic ring is 1. The number of carbonyl (C=O) groups excluding carboxylic acids is 1. The smallest absolute Gasteiger partial charge is 0.251 e. The number of hydrogen-bond acceptors (Lipinski definition) is 3. The Labute approximate surface area is 82.5 Å². The Kier molecular flexibility index (Phi) is 2.35. The number of carbonyl (C=O) groups is 1. The highest BCUT2D eigenvalue weighted by Crippen LogP contribution is 2.18. The van der Waals surface area contributed by atoms with E-state index in [1.54, 1.807) is 18.3 Å². The lowest BCUT2D eigenvalue weighted by atomic mass is 9.93. The Morgan fingerprint density at radius 3 is 2.93 bits per heavy atom. The van der Waals surface area contributed by atoms with Crippen molar-refractivity contribution in [2.24, 2.45) is 0 Å². The Morgan fingerprint density at radius 2 is 2.36 bits per heavy atom. The maximum Gasteiger partial charge on any atom is 0.251 e. The predicted molar refractivity (Wildman–Crippen MR) is 53.8 cm³/mol. The van der Waals surface area contributed by atoms with Crippen LogP contribution in [0.25, 0.3) is 0 Å². The van der Waals surface area contributed by atoms with Gasteiger partial charge < -0.3 is 11.1 Å². The fourth-order valence-electron chi connectivity index (χ4n) is 1.41. The third kappa shape index (κ3) is 1.84. The van der Waals surface area contributed by atoms with Crippen molar-refractivity contribution in [3.63, 3.8) is 0 Å². The van der Waals surface area contributed by atoms with E-state index in [0.717, 1.165) is 12.8 Å². The van der Waals surface area contributed by atoms with Crippen LogP contribution >= 0.6 is 0 Å². The molecule has 0 radical (unpaired) electrons. The second-order valence-electron chi connectivity index (χ2n) is 3.57. The van der Waals surface area contributed by atoms with E-state index >= 15 is 0 Å². The summed E-state index contributed by atoms with van der Waals surface area (Å²) >= 11 is 0. The van der Waals surface area contributed by atoms with Crippen molar-refractivity contribution in [3.8, 4) is 0 Å². The Hall–Kier alpha value is -1.58. The van der Waals surface area contributed by atoms with Gasteiger partial charge in [-0.25, -0.2) is 4.98 Å². The van der Waals surface area contributed by atoms with Crippen LogP contribution in [-0.4, -0.2) is 16.9 Å². The second kappa shape index (κ2) is 3.65. The summed E-state index contributed by atoms with van der Waals surface area (Å²) in [6.07, 6.45) is 4.94. The average Bonchev–Trinajstić information content (AvgIpc) is 2.11. The fourth-order valence-corrected chi connectivity index (χ4v) is 1.41. The molecule has 0 spiro atoms. The number of amides is 1. The van der Waals surface area contributed by atoms with E-state index in [-0.39, 0.29) is 5.91 Å². The SMILES string of the molecule is Nc1cc(C(=O)NC2CCC2)ccn1. The van der Waals surface area contributed by atoms with Crippen LogP contribution in [0.2, 0.25) is 0 Å². The van der Waals surface area contributed by atoms with Crippen molar-refractivity contribution in [3.05, 3.63) is 23.9 Å². The number of pyridine rings is 1. The van der Waals surface area contributed by atoms with Crippen LogP contribution in [0.3, 0.4) is 0 Å². The normalized spacial score (nSPS) is 16.0. The number of nitrogens with two attached hydrogens (primary N) is 1. The molecule has 0 unspecified atom stereocenters. The molecule has 4 heteroatoms. The number of hydrogen-bond donors (Lipinski definition) is 2. The van der Waals surface area contributed by atoms with Gasteiger partial charge in [-0.2, -0.15) is 0 Å². The Morgan fingerprint density at radius 1 is 1.57 bits per heavy atom. The van der Waals surface area contributed by atoms with E-state index in [1.165, 1.54) is 6.42 Å². The van der Waals surface area contributed by atoms with E-state index in [2.05, 4.69) is 10.3 Å². The average molecular weight is 191 g/mol. The zero-order valence-corrected chi connectivity index (χ0v) is 7.86. The van der Waals surface area contributed by atoms with Crippen molar-refractivity contribution in [2.45, 2.75) is 25.3 Å². The molecule has 1 saturated carbocycles. The molecule has 1 fully saturated rings. The van der Waals surface area contributed by atoms with Crippen LogP contribution < -0.4 is 11.1 Å². The number of rotatable bonds is 2. The lowest BCUT2D eigenvalue weighted by Gasteiger charge is -2.26. The standard InChI is InChI=1S/C10H13N3O/c11-9-6-7(4-5-12-9)10(14)13-8-2-1-3-8/h4-6,8H,1-3H2,(H2,11,12)(H,13,14). The number of nitrogens with zero attached hydrogens (tertiary/aromatic N) is 1. The molecular weight excluding hydrogens is 178 g/mol. The van der Waals surface area contributed by atoms with Crippen LogP contribution in [0.1, 0.15) is 29.6 Å². The van der Waals surface area contributed by atoms with Crippen LogP contribution in [-0.2, 0) is 0 Å². The van der Waals surface area contributed by atoms with Crippen molar-refractivity contribution in [1.82, 2.24) is 10.3 Å². The molecule has 2 rings (SSSR count). The summed E-state index contributed by atoms with van der Waals surface area (Å²) in [7, 11) is 0. The molecule has 0 aromatic carbocycles. The fraction of sp³-hybridized carbons (Fsp3) is 0.400. The third-order valence-electron chi connectivity index (χ3n) is 2.48. The largest absolute Gasteiger partial charge is 0.384 e. The van der Waals surface area contributed by atoms with Gasteiger partial charge in [0.05, 0.1) is 0 Å². The highest BCUT2D eigenvalue weighted by Gasteiger charge is 2.19. The van der Waals surface area contributed by atoms with Crippen LogP contribution in [0, 0.1) is 0 Å². The molecule has 1 heterocycles. The summed E-state index contributed by atoms with van der Waals surface area (Å²) in [4.78, 5) is 15.4. The van der Waals surface area contributed by atoms with Crippen molar-refractivity contribution in [2.75, 3.05) is 5.73 Å². The molecule has 14 heavy (non-hydrogen) atoms. The van der Waals surface area contributed by atoms with E-state index in [1.807, 2.05) is 0 Å². The lowest BCUT2D eigenvalue weighted by Crippen LogP contribution is -2.39. The molecule has 0 aliphatic heterocycles. The molecule has 1 aromatic rings. The van der Waals surface area contributed by atoms with Gasteiger partial charge in [0.2, 0.25) is 0 Å². The predicted octanol–water partition coefficient (Wildman–Crippen LogP) is 0.946. The monoisotopic (exact) mass is 191 g/mol. The van der Waals surface area contributed by atoms with Gasteiger partial charge in [-0.05, 0) is 31.4 Å². The molecular formula is C10H13N3O. The second-order valence-corrected chi connectivity index (χ2v) is 3.57. The first-order valence-electron chi connectivity index (χ1n) is 4.78. The van der Waals surface area contributed by atoms with Crippen LogP contribution in [0.15, 0.2) is 18.3 Å². The first-order valence-corrected chi connectivity index (χ1v) is 4.78. The highest BCUT2D eigenvalue weighted by molar-refractivity contribution is 5.94. The summed E-state index contributed by atoms with van der Waals surface area (Å²) in [5.74, 6) is 0.329. The summed E-state index contributed by atoms with van der Waals surface area (Å²) in [5, 5.41) is 2.94. The molecule has 0 saturated heterocycles. The van der Waals surface area contributed by atoms with Gasteiger partial charge in [0.15, 0.2) is 0 Å². The zero-order chi connectivity index (χ0) is 9.97. The summed E-state index contributed by atoms with van der Waals surface area (Å²) < 4.78 is 0. The van der Waals surface area contributed by atoms with E-state index in [4.69, 9.17) is 5.73 Å². The third-order valence-corrected chi connectivity index (χ3v) is 2.48. The van der Waals surface area contributed by atoms with Crippen molar-refractivity contribution >= 4 is 11.7 Å². The summed E-state index contributed by atoms with van der Waals surface area (Å²) in [6.45, 7) is 0. The van der Waals surface area contributed by atoms with Gasteiger partial charge in [0.1, 0.15) is 5.82 Å². The van der Waals surface area contributed by atoms with E-state index in [0.29, 0.717) is 17.4 Å². The Bertz CT molecular complexity index is 347. The molecule has 1 aliphatic rings. The minimum absolute atomic E-state index is 0.0520. The zero-order valence-electron chi connectivity index (χ0n) is 7.86. The number of nitrogens with one attached hydrogen (secondary N) is 1. The van der Waals surface area contributed by atoms with Gasteiger partial charge in [-0.3, -0.25) is 4.79 Å². The van der Waals surface area contributed by atoms with Gasteiger partial charge in [-0.1, -0.05) is 0 Å². The van der Waals surface area contributed by atoms with Gasteiger partial charge in [0, 0.05) is 17.8 Å². The van der Waals surface area contributed by atoms with Crippen LogP contribution in [0.5, 0.6) is 0 Å². The maximum atomic E-state index is 11.6. The minimum atomic E-state index is -0.0520. The number of anilines is 1. The molecule has 0 atom stereocenters. The number of aromatic nitrogens is 1. The lowest BCUT2D eigenvalue weighted by molar-refractivity contribution is 0.0917. The molecule has 1 amide bonds. The van der Waals surface area contributed by atoms with Gasteiger partial charge in [-0.15, -0.1) is 0 Å². The summed E-state index contributed by atoms with van der Waals surface area (Å²) in [5.41, 5.74) is 6.07. The first-order chi connectivity index (χ1) is 6.75. The topological polar surface area (TPSA) is 68.0 Å². The molecule has 74 valence electrons. The van der Waals surface area contributed by atoms with Crippen molar-refractivity contribution < 1.29 is 4.79 Å². The quantitative estimate of drug-likeness (QED) is 0.731. The molecule has 1 aromatic heterocycles. The molecule has 3 N–H and O–H groups in total. The summed E-state index contributed by atoms with van der Waals surface area (Å²) in [6, 6.07) is 3.62. The highest BCUT2D eigenvalue weighted by atomic mass is 16.1. The van der Waals surface area contributed by atoms with E-state index in [9.17, 15) is 4.79 Å². The molecule has 1 aliphatic carbocycles. The molecule has 4 nitrogen and oxygen atoms in total. The van der Waals surface area contributed by atoms with Gasteiger partial charge >= 0.3 is 0 Å².